The Morgan fingerprint density at radius 1 is 1.00 bits per heavy atom. The lowest BCUT2D eigenvalue weighted by molar-refractivity contribution is -0.136. The third-order valence-corrected chi connectivity index (χ3v) is 7.66. The second kappa shape index (κ2) is 9.02. The normalized spacial score (nSPS) is 25.5. The number of hydrogen-bond acceptors (Lipinski definition) is 6. The predicted molar refractivity (Wildman–Crippen MR) is 119 cm³/mol. The van der Waals surface area contributed by atoms with Crippen LogP contribution in [0.15, 0.2) is 12.1 Å². The number of nitrogens with zero attached hydrogens (tertiary/aromatic N) is 3. The Kier molecular flexibility index (Phi) is 6.09. The monoisotopic (exact) mass is 458 g/mol. The summed E-state index contributed by atoms with van der Waals surface area (Å²) in [7, 11) is 0. The van der Waals surface area contributed by atoms with Crippen molar-refractivity contribution >= 4 is 23.4 Å². The fourth-order valence-electron chi connectivity index (χ4n) is 5.66. The largest absolute Gasteiger partial charge is 0.393 e. The molecule has 2 N–H and O–H groups in total. The van der Waals surface area contributed by atoms with Crippen LogP contribution < -0.4 is 10.2 Å². The van der Waals surface area contributed by atoms with Crippen LogP contribution in [0.25, 0.3) is 0 Å². The molecule has 1 unspecified atom stereocenters. The third-order valence-electron chi connectivity index (χ3n) is 7.66. The van der Waals surface area contributed by atoms with E-state index in [0.29, 0.717) is 22.7 Å². The molecule has 3 amide bonds. The maximum atomic E-state index is 15.5. The van der Waals surface area contributed by atoms with Crippen LogP contribution in [0.1, 0.15) is 54.4 Å². The number of halogens is 1. The molecule has 8 nitrogen and oxygen atoms in total. The molecule has 4 heterocycles. The summed E-state index contributed by atoms with van der Waals surface area (Å²) in [4.78, 5) is 42.4. The Morgan fingerprint density at radius 2 is 1.73 bits per heavy atom. The van der Waals surface area contributed by atoms with Crippen LogP contribution in [-0.4, -0.2) is 77.5 Å². The van der Waals surface area contributed by atoms with E-state index in [1.54, 1.807) is 12.1 Å². The molecule has 0 spiro atoms. The van der Waals surface area contributed by atoms with E-state index in [1.165, 1.54) is 4.90 Å². The molecule has 4 aliphatic rings. The highest BCUT2D eigenvalue weighted by Gasteiger charge is 2.41. The van der Waals surface area contributed by atoms with Crippen molar-refractivity contribution in [2.75, 3.05) is 37.6 Å². The molecular formula is C24H31FN4O4. The molecule has 178 valence electrons. The Morgan fingerprint density at radius 3 is 2.42 bits per heavy atom. The van der Waals surface area contributed by atoms with Crippen LogP contribution in [0.5, 0.6) is 0 Å². The molecule has 4 aliphatic heterocycles. The highest BCUT2D eigenvalue weighted by Crippen LogP contribution is 2.35. The van der Waals surface area contributed by atoms with Crippen LogP contribution in [0.2, 0.25) is 0 Å². The number of imide groups is 1. The number of fused-ring (bicyclic) bond motifs is 1. The van der Waals surface area contributed by atoms with Crippen LogP contribution in [-0.2, 0) is 16.1 Å². The number of carbonyl (C=O) groups excluding carboxylic acids is 3. The van der Waals surface area contributed by atoms with E-state index in [1.807, 2.05) is 0 Å². The van der Waals surface area contributed by atoms with E-state index in [4.69, 9.17) is 0 Å². The standard InChI is InChI=1S/C24H31FN4O4/c25-22-18-14-29(20-3-4-21(31)26-23(20)32)24(33)17(18)1-2-19(22)28-11-5-15(6-12-28)13-27-9-7-16(30)8-10-27/h1-2,15-16,20,30H,3-14H2,(H,26,31,32). The van der Waals surface area contributed by atoms with Gasteiger partial charge in [0.2, 0.25) is 11.8 Å². The Balaban J connectivity index is 1.23. The lowest BCUT2D eigenvalue weighted by Gasteiger charge is -2.38. The minimum absolute atomic E-state index is 0.0530. The predicted octanol–water partition coefficient (Wildman–Crippen LogP) is 1.26. The highest BCUT2D eigenvalue weighted by molar-refractivity contribution is 6.05. The van der Waals surface area contributed by atoms with Crippen molar-refractivity contribution < 1.29 is 23.9 Å². The summed E-state index contributed by atoms with van der Waals surface area (Å²) in [6.45, 7) is 4.50. The molecule has 5 rings (SSSR count). The van der Waals surface area contributed by atoms with Gasteiger partial charge in [0, 0.05) is 50.3 Å². The van der Waals surface area contributed by atoms with Crippen molar-refractivity contribution in [3.8, 4) is 0 Å². The molecule has 0 saturated carbocycles. The summed E-state index contributed by atoms with van der Waals surface area (Å²) in [5.41, 5.74) is 1.17. The maximum absolute atomic E-state index is 15.5. The van der Waals surface area contributed by atoms with Crippen LogP contribution >= 0.6 is 0 Å². The fraction of sp³-hybridized carbons (Fsp3) is 0.625. The average molecular weight is 459 g/mol. The molecule has 0 aliphatic carbocycles. The first-order chi connectivity index (χ1) is 15.9. The lowest BCUT2D eigenvalue weighted by Crippen LogP contribution is -2.52. The first-order valence-corrected chi connectivity index (χ1v) is 12.0. The Hall–Kier alpha value is -2.52. The van der Waals surface area contributed by atoms with Gasteiger partial charge in [-0.3, -0.25) is 19.7 Å². The number of likely N-dealkylation sites (tertiary alicyclic amines) is 1. The van der Waals surface area contributed by atoms with E-state index in [9.17, 15) is 19.5 Å². The first-order valence-electron chi connectivity index (χ1n) is 12.0. The van der Waals surface area contributed by atoms with Gasteiger partial charge in [0.05, 0.1) is 18.3 Å². The first kappa shape index (κ1) is 22.3. The zero-order valence-corrected chi connectivity index (χ0v) is 18.8. The van der Waals surface area contributed by atoms with Crippen LogP contribution in [0.4, 0.5) is 10.1 Å². The number of amides is 3. The minimum atomic E-state index is -0.739. The molecule has 1 aromatic carbocycles. The van der Waals surface area contributed by atoms with Gasteiger partial charge in [0.25, 0.3) is 5.91 Å². The number of nitrogens with one attached hydrogen (secondary N) is 1. The van der Waals surface area contributed by atoms with Crippen LogP contribution in [0, 0.1) is 11.7 Å². The molecule has 0 bridgehead atoms. The van der Waals surface area contributed by atoms with E-state index in [0.717, 1.165) is 58.4 Å². The highest BCUT2D eigenvalue weighted by atomic mass is 19.1. The molecule has 0 radical (unpaired) electrons. The Bertz CT molecular complexity index is 954. The minimum Gasteiger partial charge on any atom is -0.393 e. The van der Waals surface area contributed by atoms with Gasteiger partial charge in [0.15, 0.2) is 5.82 Å². The Labute approximate surface area is 192 Å². The molecule has 3 saturated heterocycles. The van der Waals surface area contributed by atoms with Gasteiger partial charge in [0.1, 0.15) is 6.04 Å². The number of piperidine rings is 3. The van der Waals surface area contributed by atoms with Crippen molar-refractivity contribution in [1.82, 2.24) is 15.1 Å². The molecule has 9 heteroatoms. The molecule has 3 fully saturated rings. The smallest absolute Gasteiger partial charge is 0.255 e. The maximum Gasteiger partial charge on any atom is 0.255 e. The molecule has 0 aromatic heterocycles. The number of aliphatic hydroxyl groups is 1. The zero-order chi connectivity index (χ0) is 23.1. The average Bonchev–Trinajstić information content (AvgIpc) is 3.13. The molecular weight excluding hydrogens is 427 g/mol. The number of benzene rings is 1. The quantitative estimate of drug-likeness (QED) is 0.660. The summed E-state index contributed by atoms with van der Waals surface area (Å²) in [5.74, 6) is -0.985. The van der Waals surface area contributed by atoms with Gasteiger partial charge in [-0.2, -0.15) is 0 Å². The summed E-state index contributed by atoms with van der Waals surface area (Å²) in [6.07, 6.45) is 3.93. The van der Waals surface area contributed by atoms with Gasteiger partial charge >= 0.3 is 0 Å². The fourth-order valence-corrected chi connectivity index (χ4v) is 5.66. The topological polar surface area (TPSA) is 93.2 Å². The molecule has 1 aromatic rings. The summed E-state index contributed by atoms with van der Waals surface area (Å²) >= 11 is 0. The number of carbonyl (C=O) groups is 3. The van der Waals surface area contributed by atoms with Crippen molar-refractivity contribution in [3.63, 3.8) is 0 Å². The van der Waals surface area contributed by atoms with Gasteiger partial charge < -0.3 is 19.8 Å². The number of aliphatic hydroxyl groups excluding tert-OH is 1. The number of anilines is 1. The lowest BCUT2D eigenvalue weighted by atomic mass is 9.94. The van der Waals surface area contributed by atoms with Crippen LogP contribution in [0.3, 0.4) is 0 Å². The van der Waals surface area contributed by atoms with Gasteiger partial charge in [-0.15, -0.1) is 0 Å². The summed E-state index contributed by atoms with van der Waals surface area (Å²) in [5, 5.41) is 12.0. The van der Waals surface area contributed by atoms with Gasteiger partial charge in [-0.05, 0) is 50.2 Å². The van der Waals surface area contributed by atoms with Crippen molar-refractivity contribution in [1.29, 1.82) is 0 Å². The van der Waals surface area contributed by atoms with Crippen molar-refractivity contribution in [3.05, 3.63) is 29.1 Å². The van der Waals surface area contributed by atoms with E-state index >= 15 is 4.39 Å². The number of rotatable bonds is 4. The van der Waals surface area contributed by atoms with Crippen molar-refractivity contribution in [2.24, 2.45) is 5.92 Å². The summed E-state index contributed by atoms with van der Waals surface area (Å²) in [6, 6.07) is 2.62. The molecule has 1 atom stereocenters. The SMILES string of the molecule is O=C1CCC(N2Cc3c(ccc(N4CCC(CN5CCC(O)CC5)CC4)c3F)C2=O)C(=O)N1. The van der Waals surface area contributed by atoms with Crippen molar-refractivity contribution in [2.45, 2.75) is 57.2 Å². The van der Waals surface area contributed by atoms with E-state index < -0.39 is 11.9 Å². The third kappa shape index (κ3) is 4.36. The number of hydrogen-bond donors (Lipinski definition) is 2. The zero-order valence-electron chi connectivity index (χ0n) is 18.8. The van der Waals surface area contributed by atoms with E-state index in [-0.39, 0.29) is 43.1 Å². The molecule has 33 heavy (non-hydrogen) atoms. The second-order valence-corrected chi connectivity index (χ2v) is 9.79. The van der Waals surface area contributed by atoms with Gasteiger partial charge in [-0.1, -0.05) is 0 Å². The summed E-state index contributed by atoms with van der Waals surface area (Å²) < 4.78 is 15.5. The van der Waals surface area contributed by atoms with E-state index in [2.05, 4.69) is 15.1 Å². The van der Waals surface area contributed by atoms with Gasteiger partial charge in [-0.25, -0.2) is 4.39 Å². The second-order valence-electron chi connectivity index (χ2n) is 9.79.